The predicted molar refractivity (Wildman–Crippen MR) is 92.5 cm³/mol. The third-order valence-corrected chi connectivity index (χ3v) is 4.21. The average Bonchev–Trinajstić information content (AvgIpc) is 2.61. The Morgan fingerprint density at radius 3 is 2.88 bits per heavy atom. The maximum atomic E-state index is 10.8. The van der Waals surface area contributed by atoms with Gasteiger partial charge in [-0.25, -0.2) is 9.78 Å². The number of fused-ring (bicyclic) bond motifs is 1. The van der Waals surface area contributed by atoms with Crippen molar-refractivity contribution in [2.45, 2.75) is 26.2 Å². The number of para-hydroxylation sites is 1. The van der Waals surface area contributed by atoms with Gasteiger partial charge in [0.05, 0.1) is 0 Å². The molecule has 3 rings (SSSR count). The second kappa shape index (κ2) is 7.48. The van der Waals surface area contributed by atoms with Gasteiger partial charge in [-0.05, 0) is 31.4 Å². The molecule has 0 radical (unpaired) electrons. The molecule has 1 aliphatic heterocycles. The van der Waals surface area contributed by atoms with Crippen LogP contribution in [0.25, 0.3) is 0 Å². The largest absolute Gasteiger partial charge is 0.479 e. The van der Waals surface area contributed by atoms with Crippen LogP contribution in [0.5, 0.6) is 5.88 Å². The molecule has 7 nitrogen and oxygen atoms in total. The Labute approximate surface area is 145 Å². The third kappa shape index (κ3) is 3.71. The van der Waals surface area contributed by atoms with E-state index in [4.69, 9.17) is 9.84 Å². The summed E-state index contributed by atoms with van der Waals surface area (Å²) in [5, 5.41) is 18.1. The molecule has 0 aliphatic carbocycles. The number of aryl methyl sites for hydroxylation is 2. The molecule has 1 aliphatic rings. The Morgan fingerprint density at radius 2 is 2.12 bits per heavy atom. The van der Waals surface area contributed by atoms with E-state index < -0.39 is 12.6 Å². The molecule has 1 aromatic carbocycles. The van der Waals surface area contributed by atoms with E-state index in [-0.39, 0.29) is 12.5 Å². The van der Waals surface area contributed by atoms with Crippen molar-refractivity contribution in [1.29, 1.82) is 0 Å². The van der Waals surface area contributed by atoms with Crippen molar-refractivity contribution < 1.29 is 19.7 Å². The highest BCUT2D eigenvalue weighted by Gasteiger charge is 2.23. The zero-order chi connectivity index (χ0) is 17.8. The Morgan fingerprint density at radius 1 is 1.32 bits per heavy atom. The van der Waals surface area contributed by atoms with Gasteiger partial charge < -0.3 is 19.8 Å². The Balaban J connectivity index is 2.01. The number of aliphatic hydroxyl groups is 1. The molecule has 2 aromatic rings. The standard InChI is InChI=1S/C18H21N3O4/c1-12-14(8-10-22)17(25-11-16(23)24)20-18(19-12)21-9-4-6-13-5-2-3-7-15(13)21/h2-3,5,7,22H,4,6,8-11H2,1H3,(H,23,24). The van der Waals surface area contributed by atoms with E-state index >= 15 is 0 Å². The second-order valence-electron chi connectivity index (χ2n) is 5.93. The smallest absolute Gasteiger partial charge is 0.341 e. The minimum Gasteiger partial charge on any atom is -0.479 e. The summed E-state index contributed by atoms with van der Waals surface area (Å²) in [6.07, 6.45) is 2.32. The van der Waals surface area contributed by atoms with Crippen LogP contribution in [0.2, 0.25) is 0 Å². The van der Waals surface area contributed by atoms with Crippen LogP contribution in [0.1, 0.15) is 23.2 Å². The van der Waals surface area contributed by atoms with Crippen LogP contribution < -0.4 is 9.64 Å². The Kier molecular flexibility index (Phi) is 5.14. The van der Waals surface area contributed by atoms with E-state index in [9.17, 15) is 9.90 Å². The van der Waals surface area contributed by atoms with Crippen LogP contribution in [0.3, 0.4) is 0 Å². The van der Waals surface area contributed by atoms with E-state index in [1.54, 1.807) is 0 Å². The highest BCUT2D eigenvalue weighted by molar-refractivity contribution is 5.68. The number of aromatic nitrogens is 2. The normalized spacial score (nSPS) is 13.4. The molecule has 0 amide bonds. The molecule has 2 N–H and O–H groups in total. The van der Waals surface area contributed by atoms with Gasteiger partial charge in [0.25, 0.3) is 0 Å². The molecule has 0 saturated carbocycles. The molecule has 0 spiro atoms. The van der Waals surface area contributed by atoms with Gasteiger partial charge in [0.1, 0.15) is 0 Å². The molecular formula is C18H21N3O4. The number of carboxylic acids is 1. The summed E-state index contributed by atoms with van der Waals surface area (Å²) in [6.45, 7) is 2.04. The van der Waals surface area contributed by atoms with Gasteiger partial charge in [0.15, 0.2) is 6.61 Å². The fourth-order valence-corrected chi connectivity index (χ4v) is 3.07. The minimum atomic E-state index is -1.07. The Bertz CT molecular complexity index is 779. The lowest BCUT2D eigenvalue weighted by atomic mass is 10.0. The number of hydrogen-bond acceptors (Lipinski definition) is 6. The topological polar surface area (TPSA) is 95.8 Å². The summed E-state index contributed by atoms with van der Waals surface area (Å²) in [5.74, 6) is -0.357. The first kappa shape index (κ1) is 17.2. The monoisotopic (exact) mass is 343 g/mol. The highest BCUT2D eigenvalue weighted by atomic mass is 16.5. The number of rotatable bonds is 6. The molecular weight excluding hydrogens is 322 g/mol. The van der Waals surface area contributed by atoms with Crippen molar-refractivity contribution in [3.63, 3.8) is 0 Å². The highest BCUT2D eigenvalue weighted by Crippen LogP contribution is 2.33. The molecule has 0 fully saturated rings. The molecule has 25 heavy (non-hydrogen) atoms. The zero-order valence-electron chi connectivity index (χ0n) is 14.1. The summed E-state index contributed by atoms with van der Waals surface area (Å²) < 4.78 is 5.36. The van der Waals surface area contributed by atoms with Crippen molar-refractivity contribution in [3.05, 3.63) is 41.1 Å². The van der Waals surface area contributed by atoms with Crippen molar-refractivity contribution in [2.24, 2.45) is 0 Å². The van der Waals surface area contributed by atoms with Gasteiger partial charge >= 0.3 is 5.97 Å². The molecule has 0 atom stereocenters. The maximum Gasteiger partial charge on any atom is 0.341 e. The van der Waals surface area contributed by atoms with Crippen LogP contribution in [-0.2, 0) is 17.6 Å². The number of nitrogens with zero attached hydrogens (tertiary/aromatic N) is 3. The molecule has 0 unspecified atom stereocenters. The lowest BCUT2D eigenvalue weighted by Crippen LogP contribution is -2.27. The lowest BCUT2D eigenvalue weighted by Gasteiger charge is -2.30. The van der Waals surface area contributed by atoms with E-state index in [1.807, 2.05) is 30.0 Å². The van der Waals surface area contributed by atoms with Crippen molar-refractivity contribution in [1.82, 2.24) is 9.97 Å². The number of ether oxygens (including phenoxy) is 1. The number of carbonyl (C=O) groups is 1. The number of aliphatic hydroxyl groups excluding tert-OH is 1. The SMILES string of the molecule is Cc1nc(N2CCCc3ccccc32)nc(OCC(=O)O)c1CCO. The third-order valence-electron chi connectivity index (χ3n) is 4.21. The number of anilines is 2. The van der Waals surface area contributed by atoms with E-state index in [0.717, 1.165) is 25.1 Å². The number of carboxylic acid groups (broad SMARTS) is 1. The quantitative estimate of drug-likeness (QED) is 0.826. The molecule has 0 saturated heterocycles. The van der Waals surface area contributed by atoms with Gasteiger partial charge in [-0.15, -0.1) is 0 Å². The minimum absolute atomic E-state index is 0.0838. The first-order chi connectivity index (χ1) is 12.1. The van der Waals surface area contributed by atoms with Crippen molar-refractivity contribution >= 4 is 17.6 Å². The summed E-state index contributed by atoms with van der Waals surface area (Å²) in [5.41, 5.74) is 3.62. The van der Waals surface area contributed by atoms with Gasteiger partial charge in [-0.1, -0.05) is 18.2 Å². The van der Waals surface area contributed by atoms with Crippen LogP contribution >= 0.6 is 0 Å². The fraction of sp³-hybridized carbons (Fsp3) is 0.389. The van der Waals surface area contributed by atoms with E-state index in [2.05, 4.69) is 16.0 Å². The van der Waals surface area contributed by atoms with Crippen molar-refractivity contribution in [3.8, 4) is 5.88 Å². The van der Waals surface area contributed by atoms with Crippen LogP contribution in [-0.4, -0.2) is 45.9 Å². The van der Waals surface area contributed by atoms with E-state index in [0.29, 0.717) is 23.6 Å². The van der Waals surface area contributed by atoms with Gasteiger partial charge in [-0.2, -0.15) is 4.98 Å². The van der Waals surface area contributed by atoms with Crippen LogP contribution in [0.4, 0.5) is 11.6 Å². The van der Waals surface area contributed by atoms with Crippen molar-refractivity contribution in [2.75, 3.05) is 24.7 Å². The maximum absolute atomic E-state index is 10.8. The Hall–Kier alpha value is -2.67. The van der Waals surface area contributed by atoms with Crippen LogP contribution in [0.15, 0.2) is 24.3 Å². The summed E-state index contributed by atoms with van der Waals surface area (Å²) in [4.78, 5) is 21.9. The number of aliphatic carboxylic acids is 1. The fourth-order valence-electron chi connectivity index (χ4n) is 3.07. The second-order valence-corrected chi connectivity index (χ2v) is 5.93. The zero-order valence-corrected chi connectivity index (χ0v) is 14.1. The number of benzene rings is 1. The summed E-state index contributed by atoms with van der Waals surface area (Å²) in [7, 11) is 0. The molecule has 1 aromatic heterocycles. The van der Waals surface area contributed by atoms with Gasteiger partial charge in [0.2, 0.25) is 11.8 Å². The molecule has 132 valence electrons. The summed E-state index contributed by atoms with van der Waals surface area (Å²) in [6, 6.07) is 8.12. The molecule has 7 heteroatoms. The first-order valence-corrected chi connectivity index (χ1v) is 8.28. The molecule has 2 heterocycles. The van der Waals surface area contributed by atoms with Crippen LogP contribution in [0, 0.1) is 6.92 Å². The molecule has 0 bridgehead atoms. The average molecular weight is 343 g/mol. The predicted octanol–water partition coefficient (Wildman–Crippen LogP) is 1.87. The van der Waals surface area contributed by atoms with Gasteiger partial charge in [-0.3, -0.25) is 0 Å². The van der Waals surface area contributed by atoms with Gasteiger partial charge in [0, 0.05) is 36.5 Å². The lowest BCUT2D eigenvalue weighted by molar-refractivity contribution is -0.139. The number of hydrogen-bond donors (Lipinski definition) is 2. The first-order valence-electron chi connectivity index (χ1n) is 8.28. The summed E-state index contributed by atoms with van der Waals surface area (Å²) >= 11 is 0. The van der Waals surface area contributed by atoms with E-state index in [1.165, 1.54) is 5.56 Å².